The zero-order valence-electron chi connectivity index (χ0n) is 42.5. The van der Waals surface area contributed by atoms with Gasteiger partial charge in [0, 0.05) is 69.5 Å². The van der Waals surface area contributed by atoms with E-state index in [9.17, 15) is 30.0 Å². The number of aliphatic hydroxyl groups is 3. The van der Waals surface area contributed by atoms with Crippen molar-refractivity contribution in [3.8, 4) is 45.6 Å². The lowest BCUT2D eigenvalue weighted by molar-refractivity contribution is -0.160. The number of anilines is 1. The fourth-order valence-corrected chi connectivity index (χ4v) is 16.6. The van der Waals surface area contributed by atoms with E-state index in [4.69, 9.17) is 23.7 Å². The van der Waals surface area contributed by atoms with Crippen LogP contribution >= 0.6 is 0 Å². The fraction of sp³-hybridized carbons (Fsp3) is 0.500. The van der Waals surface area contributed by atoms with Crippen LogP contribution in [-0.2, 0) is 27.8 Å². The maximum absolute atomic E-state index is 13.9. The van der Waals surface area contributed by atoms with Gasteiger partial charge >= 0.3 is 0 Å². The van der Waals surface area contributed by atoms with E-state index in [1.807, 2.05) is 19.1 Å². The first-order valence-electron chi connectivity index (χ1n) is 27.1. The molecule has 0 saturated heterocycles. The number of methoxy groups -OCH3 is 2. The standard InChI is InChI=1S/C60H67N3O11/c1-4-61-30-74-46-26-44(70-2)37-14-15-38-51-43(62-58(69)54(46)53(37)51)25-45-52(38)56(67)39(29-73-45)34-23-47(71-3)57(68)48(24-34)72-28-35(27-64)60-40-16-13-31-9-8-10-36(55(31)60)32-11-12-33(41(60)21-32)22-42(40)59(19-6-5-7-20-59)63-49(65)17-18-50(63)66/h8-10,13,16-18,23-26,32-33,35,39-42,56,58,61-62,64,67-69H,4-7,11-12,14-15,19-22,27-30H2,1-3H3/t32-,33-,35-,39-,40+,41-,42-,56-,58-,60+/m0/s1. The number of aromatic hydroxyl groups is 1. The molecule has 6 N–H and O–H groups in total. The molecular weight excluding hydrogens is 939 g/mol. The molecule has 4 aromatic carbocycles. The smallest absolute Gasteiger partial charge is 0.254 e. The normalized spacial score (nSPS) is 29.4. The number of aliphatic hydroxyl groups excluding tert-OH is 3. The fourth-order valence-electron chi connectivity index (χ4n) is 16.6. The van der Waals surface area contributed by atoms with Crippen LogP contribution in [0.15, 0.2) is 60.7 Å². The van der Waals surface area contributed by atoms with Crippen LogP contribution in [0.4, 0.5) is 5.69 Å². The molecule has 4 aromatic rings. The average Bonchev–Trinajstić information content (AvgIpc) is 3.78. The Morgan fingerprint density at radius 1 is 0.865 bits per heavy atom. The van der Waals surface area contributed by atoms with Crippen molar-refractivity contribution in [2.24, 2.45) is 29.6 Å². The molecule has 2 amide bonds. The van der Waals surface area contributed by atoms with E-state index in [-0.39, 0.29) is 73.4 Å². The van der Waals surface area contributed by atoms with Crippen molar-refractivity contribution in [3.63, 3.8) is 0 Å². The number of phenolic OH excluding ortho intramolecular Hbond substituents is 1. The molecule has 3 heterocycles. The van der Waals surface area contributed by atoms with Gasteiger partial charge in [-0.15, -0.1) is 0 Å². The highest BCUT2D eigenvalue weighted by Gasteiger charge is 2.68. The molecule has 0 spiro atoms. The number of hydrogen-bond acceptors (Lipinski definition) is 13. The molecule has 10 atom stereocenters. The molecule has 0 aromatic heterocycles. The first-order valence-corrected chi connectivity index (χ1v) is 27.1. The Balaban J connectivity index is 0.874. The Hall–Kier alpha value is -6.06. The highest BCUT2D eigenvalue weighted by Crippen LogP contribution is 2.70. The molecule has 3 fully saturated rings. The second-order valence-corrected chi connectivity index (χ2v) is 22.5. The Labute approximate surface area is 431 Å². The summed E-state index contributed by atoms with van der Waals surface area (Å²) in [5.41, 5.74) is 8.74. The molecule has 3 aliphatic heterocycles. The number of fused-ring (bicyclic) bond motifs is 4. The van der Waals surface area contributed by atoms with Crippen LogP contribution in [0, 0.1) is 29.6 Å². The molecule has 13 rings (SSSR count). The lowest BCUT2D eigenvalue weighted by Gasteiger charge is -2.68. The van der Waals surface area contributed by atoms with E-state index in [0.29, 0.717) is 70.8 Å². The predicted molar refractivity (Wildman–Crippen MR) is 277 cm³/mol. The summed E-state index contributed by atoms with van der Waals surface area (Å²) in [6, 6.07) is 13.9. The van der Waals surface area contributed by atoms with Gasteiger partial charge in [0.2, 0.25) is 5.75 Å². The minimum absolute atomic E-state index is 0.0391. The van der Waals surface area contributed by atoms with Crippen LogP contribution in [-0.4, -0.2) is 90.0 Å². The average molecular weight is 1010 g/mol. The highest BCUT2D eigenvalue weighted by atomic mass is 16.5. The summed E-state index contributed by atoms with van der Waals surface area (Å²) in [4.78, 5) is 29.4. The van der Waals surface area contributed by atoms with E-state index in [2.05, 4.69) is 41.0 Å². The molecule has 14 nitrogen and oxygen atoms in total. The molecule has 74 heavy (non-hydrogen) atoms. The summed E-state index contributed by atoms with van der Waals surface area (Å²) >= 11 is 0. The lowest BCUT2D eigenvalue weighted by Crippen LogP contribution is -2.68. The quantitative estimate of drug-likeness (QED) is 0.0402. The molecule has 9 aliphatic rings. The van der Waals surface area contributed by atoms with Crippen molar-refractivity contribution in [1.29, 1.82) is 0 Å². The monoisotopic (exact) mass is 1010 g/mol. The van der Waals surface area contributed by atoms with Gasteiger partial charge in [-0.3, -0.25) is 19.8 Å². The SMILES string of the molecule is CCNCOc1cc(OC)c2c3c1[C@H](O)Nc1cc4c(c(c1-3)CC2)[C@@H](O)[C@H](c1cc(OC)c(O)c(OC[C@H](CO)[C@@]23c5c6cccc5[C@H]5CC[C@@H](C[C@H](C7(N8C(=O)C=CC8=O)CCCCC7)[C@H]2C=C6)[C@@H]3C5)c1)CO4. The van der Waals surface area contributed by atoms with Crippen molar-refractivity contribution in [2.45, 2.75) is 113 Å². The van der Waals surface area contributed by atoms with Gasteiger partial charge in [-0.25, -0.2) is 0 Å². The van der Waals surface area contributed by atoms with Gasteiger partial charge in [-0.2, -0.15) is 0 Å². The Morgan fingerprint density at radius 2 is 1.65 bits per heavy atom. The maximum Gasteiger partial charge on any atom is 0.254 e. The van der Waals surface area contributed by atoms with Crippen molar-refractivity contribution < 1.29 is 53.7 Å². The van der Waals surface area contributed by atoms with Crippen LogP contribution in [0.5, 0.6) is 34.5 Å². The highest BCUT2D eigenvalue weighted by molar-refractivity contribution is 6.13. The zero-order valence-corrected chi connectivity index (χ0v) is 42.5. The van der Waals surface area contributed by atoms with Gasteiger partial charge in [-0.05, 0) is 127 Å². The van der Waals surface area contributed by atoms with Crippen molar-refractivity contribution >= 4 is 23.6 Å². The van der Waals surface area contributed by atoms with Crippen LogP contribution in [0.25, 0.3) is 17.2 Å². The molecule has 0 radical (unpaired) electrons. The van der Waals surface area contributed by atoms with Crippen molar-refractivity contribution in [3.05, 3.63) is 105 Å². The van der Waals surface area contributed by atoms with Gasteiger partial charge in [-0.1, -0.05) is 56.5 Å². The third-order valence-corrected chi connectivity index (χ3v) is 19.5. The number of carbonyl (C=O) groups is 2. The van der Waals surface area contributed by atoms with Crippen LogP contribution in [0.2, 0.25) is 0 Å². The van der Waals surface area contributed by atoms with Crippen molar-refractivity contribution in [2.75, 3.05) is 52.6 Å². The summed E-state index contributed by atoms with van der Waals surface area (Å²) in [5, 5.41) is 54.8. The molecule has 2 bridgehead atoms. The number of ether oxygens (including phenoxy) is 5. The molecule has 388 valence electrons. The number of benzene rings is 4. The van der Waals surface area contributed by atoms with Gasteiger partial charge in [0.25, 0.3) is 11.8 Å². The van der Waals surface area contributed by atoms with Gasteiger partial charge < -0.3 is 49.4 Å². The van der Waals surface area contributed by atoms with Crippen LogP contribution < -0.4 is 34.3 Å². The third-order valence-electron chi connectivity index (χ3n) is 19.5. The number of amides is 2. The first kappa shape index (κ1) is 47.6. The molecule has 0 unspecified atom stereocenters. The second-order valence-electron chi connectivity index (χ2n) is 22.5. The van der Waals surface area contributed by atoms with Crippen LogP contribution in [0.3, 0.4) is 0 Å². The topological polar surface area (TPSA) is 189 Å². The summed E-state index contributed by atoms with van der Waals surface area (Å²) in [5.74, 6) is 1.20. The summed E-state index contributed by atoms with van der Waals surface area (Å²) in [6.45, 7) is 2.95. The van der Waals surface area contributed by atoms with Gasteiger partial charge in [0.1, 0.15) is 24.0 Å². The maximum atomic E-state index is 13.9. The predicted octanol–water partition coefficient (Wildman–Crippen LogP) is 8.48. The van der Waals surface area contributed by atoms with Crippen molar-refractivity contribution in [1.82, 2.24) is 10.2 Å². The summed E-state index contributed by atoms with van der Waals surface area (Å²) in [7, 11) is 3.13. The zero-order chi connectivity index (χ0) is 50.8. The van der Waals surface area contributed by atoms with E-state index in [1.165, 1.54) is 30.4 Å². The first-order chi connectivity index (χ1) is 36.1. The number of imide groups is 1. The summed E-state index contributed by atoms with van der Waals surface area (Å²) in [6.07, 6.45) is 15.1. The van der Waals surface area contributed by atoms with Gasteiger partial charge in [0.15, 0.2) is 17.7 Å². The number of nitrogens with zero attached hydrogens (tertiary/aromatic N) is 1. The van der Waals surface area contributed by atoms with E-state index in [0.717, 1.165) is 85.6 Å². The Kier molecular flexibility index (Phi) is 11.6. The summed E-state index contributed by atoms with van der Waals surface area (Å²) < 4.78 is 31.5. The number of carbonyl (C=O) groups excluding carboxylic acids is 2. The molecule has 14 heteroatoms. The lowest BCUT2D eigenvalue weighted by atomic mass is 9.37. The number of nitrogens with one attached hydrogen (secondary N) is 2. The minimum Gasteiger partial charge on any atom is -0.502 e. The number of phenols is 1. The largest absolute Gasteiger partial charge is 0.502 e. The third kappa shape index (κ3) is 6.75. The Morgan fingerprint density at radius 3 is 2.42 bits per heavy atom. The number of hydrogen-bond donors (Lipinski definition) is 6. The molecular formula is C60H67N3O11. The van der Waals surface area contributed by atoms with E-state index < -0.39 is 35.1 Å². The van der Waals surface area contributed by atoms with E-state index >= 15 is 0 Å². The molecule has 3 saturated carbocycles. The van der Waals surface area contributed by atoms with Gasteiger partial charge in [0.05, 0.1) is 51.2 Å². The number of allylic oxidation sites excluding steroid dienone is 1. The number of rotatable bonds is 14. The Bertz CT molecular complexity index is 3020. The van der Waals surface area contributed by atoms with E-state index in [1.54, 1.807) is 24.1 Å². The van der Waals surface area contributed by atoms with Crippen LogP contribution in [0.1, 0.15) is 133 Å². The molecule has 6 aliphatic carbocycles. The minimum atomic E-state index is -1.06. The second kappa shape index (κ2) is 18.1.